The second kappa shape index (κ2) is 7.88. The van der Waals surface area contributed by atoms with Gasteiger partial charge in [-0.15, -0.1) is 0 Å². The van der Waals surface area contributed by atoms with Gasteiger partial charge < -0.3 is 9.80 Å². The van der Waals surface area contributed by atoms with Gasteiger partial charge in [-0.1, -0.05) is 96.1 Å². The molecule has 0 saturated carbocycles. The van der Waals surface area contributed by atoms with Gasteiger partial charge in [0.25, 0.3) is 0 Å². The molecular weight excluding hydrogens is 416 g/mol. The van der Waals surface area contributed by atoms with Crippen LogP contribution in [0.1, 0.15) is 38.2 Å². The van der Waals surface area contributed by atoms with E-state index in [2.05, 4.69) is 72.2 Å². The predicted molar refractivity (Wildman–Crippen MR) is 138 cm³/mol. The lowest BCUT2D eigenvalue weighted by atomic mass is 9.80. The Hall–Kier alpha value is -3.85. The number of carbonyl (C=O) groups is 1. The highest BCUT2D eigenvalue weighted by Crippen LogP contribution is 2.47. The standard InChI is InChI=1S/C31H28N2O/c1-22-13-15-28-26(18-22)20-33-29-16-14-23(2)17-25(29)19-32(28)21-31(33,27-11-7-4-8-12-27)30(34)24-9-5-3-6-10-24/h3-18H,19-21H2,1-2H3/t31-/m0/s1. The molecule has 2 aliphatic heterocycles. The monoisotopic (exact) mass is 444 g/mol. The molecule has 2 aliphatic rings. The fourth-order valence-electron chi connectivity index (χ4n) is 5.76. The van der Waals surface area contributed by atoms with Gasteiger partial charge in [0.15, 0.2) is 5.78 Å². The highest BCUT2D eigenvalue weighted by molar-refractivity contribution is 6.07. The molecule has 3 heteroatoms. The second-order valence-electron chi connectivity index (χ2n) is 9.63. The van der Waals surface area contributed by atoms with E-state index in [9.17, 15) is 4.79 Å². The maximum Gasteiger partial charge on any atom is 0.194 e. The van der Waals surface area contributed by atoms with Crippen molar-refractivity contribution in [1.29, 1.82) is 0 Å². The van der Waals surface area contributed by atoms with Gasteiger partial charge in [0, 0.05) is 30.0 Å². The fourth-order valence-corrected chi connectivity index (χ4v) is 5.76. The molecule has 2 heterocycles. The summed E-state index contributed by atoms with van der Waals surface area (Å²) >= 11 is 0. The van der Waals surface area contributed by atoms with Gasteiger partial charge >= 0.3 is 0 Å². The van der Waals surface area contributed by atoms with Gasteiger partial charge in [-0.2, -0.15) is 0 Å². The van der Waals surface area contributed by atoms with Crippen LogP contribution in [0.5, 0.6) is 0 Å². The molecule has 4 aromatic rings. The van der Waals surface area contributed by atoms with Crippen LogP contribution >= 0.6 is 0 Å². The van der Waals surface area contributed by atoms with E-state index in [4.69, 9.17) is 0 Å². The van der Waals surface area contributed by atoms with E-state index in [1.165, 1.54) is 27.9 Å². The molecule has 0 saturated heterocycles. The molecular formula is C31H28N2O. The van der Waals surface area contributed by atoms with Crippen LogP contribution in [0.3, 0.4) is 0 Å². The Morgan fingerprint density at radius 2 is 1.29 bits per heavy atom. The van der Waals surface area contributed by atoms with Crippen LogP contribution in [0.2, 0.25) is 0 Å². The molecule has 34 heavy (non-hydrogen) atoms. The van der Waals surface area contributed by atoms with Crippen molar-refractivity contribution in [3.8, 4) is 0 Å². The van der Waals surface area contributed by atoms with E-state index in [1.54, 1.807) is 0 Å². The van der Waals surface area contributed by atoms with Gasteiger partial charge in [0.2, 0.25) is 0 Å². The lowest BCUT2D eigenvalue weighted by Gasteiger charge is -2.43. The third kappa shape index (κ3) is 3.15. The number of hydrogen-bond acceptors (Lipinski definition) is 3. The van der Waals surface area contributed by atoms with Gasteiger partial charge in [0.05, 0.1) is 6.54 Å². The number of ketones is 1. The number of carbonyl (C=O) groups excluding carboxylic acids is 1. The van der Waals surface area contributed by atoms with Crippen molar-refractivity contribution in [1.82, 2.24) is 0 Å². The molecule has 3 nitrogen and oxygen atoms in total. The Labute approximate surface area is 201 Å². The number of Topliss-reactive ketones (excluding diaryl/α,β-unsaturated/α-hetero) is 1. The van der Waals surface area contributed by atoms with Crippen molar-refractivity contribution in [3.63, 3.8) is 0 Å². The van der Waals surface area contributed by atoms with E-state index in [0.717, 1.165) is 23.4 Å². The Bertz CT molecular complexity index is 1380. The zero-order valence-electron chi connectivity index (χ0n) is 19.7. The van der Waals surface area contributed by atoms with Gasteiger partial charge in [0.1, 0.15) is 5.54 Å². The van der Waals surface area contributed by atoms with Crippen molar-refractivity contribution in [2.24, 2.45) is 0 Å². The number of rotatable bonds is 3. The first kappa shape index (κ1) is 20.7. The summed E-state index contributed by atoms with van der Waals surface area (Å²) < 4.78 is 0. The van der Waals surface area contributed by atoms with Crippen LogP contribution in [0, 0.1) is 13.8 Å². The molecule has 6 rings (SSSR count). The molecule has 0 unspecified atom stereocenters. The molecule has 0 radical (unpaired) electrons. The average Bonchev–Trinajstić information content (AvgIpc) is 3.08. The number of hydrogen-bond donors (Lipinski definition) is 0. The average molecular weight is 445 g/mol. The minimum absolute atomic E-state index is 0.141. The SMILES string of the molecule is Cc1ccc2c(c1)CN1c3ccc(C)cc3CN2C[C@@]1(C(=O)c1ccccc1)c1ccccc1. The van der Waals surface area contributed by atoms with Crippen LogP contribution in [0.25, 0.3) is 0 Å². The maximum atomic E-state index is 14.6. The maximum absolute atomic E-state index is 14.6. The molecule has 2 bridgehead atoms. The molecule has 0 aromatic heterocycles. The quantitative estimate of drug-likeness (QED) is 0.341. The van der Waals surface area contributed by atoms with Crippen LogP contribution in [-0.4, -0.2) is 12.3 Å². The van der Waals surface area contributed by atoms with Gasteiger partial charge in [-0.25, -0.2) is 0 Å². The molecule has 4 aromatic carbocycles. The normalized spacial score (nSPS) is 18.6. The van der Waals surface area contributed by atoms with Crippen molar-refractivity contribution in [2.75, 3.05) is 16.3 Å². The molecule has 0 spiro atoms. The molecule has 0 N–H and O–H groups in total. The first-order valence-corrected chi connectivity index (χ1v) is 11.9. The minimum Gasteiger partial charge on any atom is -0.364 e. The smallest absolute Gasteiger partial charge is 0.194 e. The van der Waals surface area contributed by atoms with Crippen molar-refractivity contribution in [3.05, 3.63) is 130 Å². The molecule has 0 aliphatic carbocycles. The predicted octanol–water partition coefficient (Wildman–Crippen LogP) is 6.42. The summed E-state index contributed by atoms with van der Waals surface area (Å²) in [6, 6.07) is 33.5. The highest BCUT2D eigenvalue weighted by atomic mass is 16.1. The summed E-state index contributed by atoms with van der Waals surface area (Å²) in [6.45, 7) is 6.33. The second-order valence-corrected chi connectivity index (χ2v) is 9.63. The zero-order valence-corrected chi connectivity index (χ0v) is 19.7. The molecule has 1 atom stereocenters. The van der Waals surface area contributed by atoms with E-state index in [-0.39, 0.29) is 5.78 Å². The number of aryl methyl sites for hydroxylation is 2. The summed E-state index contributed by atoms with van der Waals surface area (Å²) in [5.74, 6) is 0.141. The minimum atomic E-state index is -0.851. The molecule has 0 amide bonds. The van der Waals surface area contributed by atoms with Crippen LogP contribution in [0.15, 0.2) is 97.1 Å². The Morgan fingerprint density at radius 1 is 0.706 bits per heavy atom. The number of fused-ring (bicyclic) bond motifs is 7. The summed E-state index contributed by atoms with van der Waals surface area (Å²) in [6.07, 6.45) is 0. The molecule has 168 valence electrons. The Morgan fingerprint density at radius 3 is 1.97 bits per heavy atom. The van der Waals surface area contributed by atoms with Crippen molar-refractivity contribution >= 4 is 17.2 Å². The van der Waals surface area contributed by atoms with Crippen LogP contribution in [-0.2, 0) is 18.6 Å². The summed E-state index contributed by atoms with van der Waals surface area (Å²) in [5.41, 5.74) is 8.32. The lowest BCUT2D eigenvalue weighted by Crippen LogP contribution is -2.56. The molecule has 0 fully saturated rings. The van der Waals surface area contributed by atoms with E-state index < -0.39 is 5.54 Å². The fraction of sp³-hybridized carbons (Fsp3) is 0.194. The zero-order chi connectivity index (χ0) is 23.3. The summed E-state index contributed by atoms with van der Waals surface area (Å²) in [4.78, 5) is 19.5. The first-order valence-electron chi connectivity index (χ1n) is 11.9. The van der Waals surface area contributed by atoms with Gasteiger partial charge in [-0.05, 0) is 42.7 Å². The van der Waals surface area contributed by atoms with Crippen LogP contribution in [0.4, 0.5) is 11.4 Å². The summed E-state index contributed by atoms with van der Waals surface area (Å²) in [5, 5.41) is 0. The van der Waals surface area contributed by atoms with Crippen LogP contribution < -0.4 is 9.80 Å². The Kier molecular flexibility index (Phi) is 4.80. The largest absolute Gasteiger partial charge is 0.364 e. The third-order valence-corrected chi connectivity index (χ3v) is 7.33. The van der Waals surface area contributed by atoms with Gasteiger partial charge in [-0.3, -0.25) is 4.79 Å². The van der Waals surface area contributed by atoms with Crippen molar-refractivity contribution < 1.29 is 4.79 Å². The first-order chi connectivity index (χ1) is 16.6. The highest BCUT2D eigenvalue weighted by Gasteiger charge is 2.51. The van der Waals surface area contributed by atoms with E-state index >= 15 is 0 Å². The van der Waals surface area contributed by atoms with E-state index in [1.807, 2.05) is 48.5 Å². The number of nitrogens with zero attached hydrogens (tertiary/aromatic N) is 2. The summed E-state index contributed by atoms with van der Waals surface area (Å²) in [7, 11) is 0. The third-order valence-electron chi connectivity index (χ3n) is 7.33. The Balaban J connectivity index is 1.67. The number of anilines is 2. The van der Waals surface area contributed by atoms with E-state index in [0.29, 0.717) is 13.1 Å². The number of benzene rings is 4. The topological polar surface area (TPSA) is 23.6 Å². The van der Waals surface area contributed by atoms with Crippen molar-refractivity contribution in [2.45, 2.75) is 32.5 Å². The lowest BCUT2D eigenvalue weighted by molar-refractivity contribution is 0.0883.